The van der Waals surface area contributed by atoms with Gasteiger partial charge in [0.05, 0.1) is 6.10 Å². The van der Waals surface area contributed by atoms with E-state index >= 15 is 0 Å². The minimum atomic E-state index is -0.936. The van der Waals surface area contributed by atoms with E-state index in [0.29, 0.717) is 11.3 Å². The lowest BCUT2D eigenvalue weighted by Crippen LogP contribution is -2.02. The third-order valence-electron chi connectivity index (χ3n) is 3.19. The highest BCUT2D eigenvalue weighted by Crippen LogP contribution is 2.22. The SMILES string of the molecule is O=C(O)CCC(O)c1ccc(OCc2cccc(F)c2)cc1. The van der Waals surface area contributed by atoms with Crippen LogP contribution < -0.4 is 4.74 Å². The number of aliphatic hydroxyl groups excluding tert-OH is 1. The molecule has 0 bridgehead atoms. The van der Waals surface area contributed by atoms with E-state index < -0.39 is 12.1 Å². The topological polar surface area (TPSA) is 66.8 Å². The molecule has 22 heavy (non-hydrogen) atoms. The van der Waals surface area contributed by atoms with Crippen molar-refractivity contribution in [1.82, 2.24) is 0 Å². The summed E-state index contributed by atoms with van der Waals surface area (Å²) in [6, 6.07) is 12.9. The molecular weight excluding hydrogens is 287 g/mol. The van der Waals surface area contributed by atoms with Crippen molar-refractivity contribution in [3.8, 4) is 5.75 Å². The van der Waals surface area contributed by atoms with Crippen LogP contribution in [0, 0.1) is 5.82 Å². The minimum Gasteiger partial charge on any atom is -0.489 e. The van der Waals surface area contributed by atoms with Gasteiger partial charge in [-0.1, -0.05) is 24.3 Å². The van der Waals surface area contributed by atoms with Gasteiger partial charge in [-0.3, -0.25) is 4.79 Å². The monoisotopic (exact) mass is 304 g/mol. The van der Waals surface area contributed by atoms with Crippen LogP contribution in [0.25, 0.3) is 0 Å². The highest BCUT2D eigenvalue weighted by molar-refractivity contribution is 5.66. The van der Waals surface area contributed by atoms with Crippen molar-refractivity contribution in [2.75, 3.05) is 0 Å². The highest BCUT2D eigenvalue weighted by atomic mass is 19.1. The summed E-state index contributed by atoms with van der Waals surface area (Å²) in [6.07, 6.45) is -0.731. The molecule has 0 aromatic heterocycles. The molecule has 0 aliphatic carbocycles. The Labute approximate surface area is 127 Å². The third kappa shape index (κ3) is 4.86. The van der Waals surface area contributed by atoms with Crippen molar-refractivity contribution >= 4 is 5.97 Å². The van der Waals surface area contributed by atoms with E-state index in [0.717, 1.165) is 5.56 Å². The summed E-state index contributed by atoms with van der Waals surface area (Å²) in [7, 11) is 0. The van der Waals surface area contributed by atoms with E-state index in [1.54, 1.807) is 36.4 Å². The fraction of sp³-hybridized carbons (Fsp3) is 0.235. The van der Waals surface area contributed by atoms with Crippen LogP contribution >= 0.6 is 0 Å². The van der Waals surface area contributed by atoms with Crippen LogP contribution in [-0.2, 0) is 11.4 Å². The molecule has 1 atom stereocenters. The molecule has 0 saturated carbocycles. The lowest BCUT2D eigenvalue weighted by Gasteiger charge is -2.11. The standard InChI is InChI=1S/C17H17FO4/c18-14-3-1-2-12(10-14)11-22-15-6-4-13(5-7-15)16(19)8-9-17(20)21/h1-7,10,16,19H,8-9,11H2,(H,20,21). The molecule has 0 heterocycles. The Kier molecular flexibility index (Phi) is 5.49. The second-order valence-electron chi connectivity index (χ2n) is 4.94. The molecule has 2 aromatic carbocycles. The molecule has 0 radical (unpaired) electrons. The normalized spacial score (nSPS) is 11.9. The summed E-state index contributed by atoms with van der Waals surface area (Å²) in [4.78, 5) is 10.5. The molecule has 0 aliphatic rings. The lowest BCUT2D eigenvalue weighted by atomic mass is 10.1. The summed E-state index contributed by atoms with van der Waals surface area (Å²) < 4.78 is 18.6. The first kappa shape index (κ1) is 16.0. The number of rotatable bonds is 7. The largest absolute Gasteiger partial charge is 0.489 e. The number of hydrogen-bond donors (Lipinski definition) is 2. The van der Waals surface area contributed by atoms with Crippen molar-refractivity contribution in [3.63, 3.8) is 0 Å². The second-order valence-corrected chi connectivity index (χ2v) is 4.94. The smallest absolute Gasteiger partial charge is 0.303 e. The Hall–Kier alpha value is -2.40. The number of hydrogen-bond acceptors (Lipinski definition) is 3. The van der Waals surface area contributed by atoms with Crippen molar-refractivity contribution < 1.29 is 24.1 Å². The zero-order valence-electron chi connectivity index (χ0n) is 11.9. The van der Waals surface area contributed by atoms with Crippen molar-refractivity contribution in [3.05, 3.63) is 65.5 Å². The Bertz CT molecular complexity index is 625. The van der Waals surface area contributed by atoms with Crippen LogP contribution in [-0.4, -0.2) is 16.2 Å². The van der Waals surface area contributed by atoms with Gasteiger partial charge in [0.1, 0.15) is 18.2 Å². The molecule has 0 amide bonds. The van der Waals surface area contributed by atoms with Crippen LogP contribution in [0.4, 0.5) is 4.39 Å². The van der Waals surface area contributed by atoms with E-state index in [4.69, 9.17) is 9.84 Å². The minimum absolute atomic E-state index is 0.0843. The van der Waals surface area contributed by atoms with E-state index in [-0.39, 0.29) is 25.3 Å². The van der Waals surface area contributed by atoms with Crippen LogP contribution in [0.3, 0.4) is 0 Å². The van der Waals surface area contributed by atoms with Gasteiger partial charge in [0.2, 0.25) is 0 Å². The summed E-state index contributed by atoms with van der Waals surface area (Å²) in [6.45, 7) is 0.249. The summed E-state index contributed by atoms with van der Waals surface area (Å²) in [5.41, 5.74) is 1.37. The zero-order valence-corrected chi connectivity index (χ0v) is 11.9. The second kappa shape index (κ2) is 7.56. The predicted molar refractivity (Wildman–Crippen MR) is 79.0 cm³/mol. The Morgan fingerprint density at radius 1 is 1.18 bits per heavy atom. The zero-order chi connectivity index (χ0) is 15.9. The lowest BCUT2D eigenvalue weighted by molar-refractivity contribution is -0.137. The quantitative estimate of drug-likeness (QED) is 0.823. The molecule has 116 valence electrons. The third-order valence-corrected chi connectivity index (χ3v) is 3.19. The first-order valence-electron chi connectivity index (χ1n) is 6.91. The van der Waals surface area contributed by atoms with Gasteiger partial charge in [0, 0.05) is 6.42 Å². The first-order chi connectivity index (χ1) is 10.5. The van der Waals surface area contributed by atoms with Crippen LogP contribution in [0.15, 0.2) is 48.5 Å². The maximum atomic E-state index is 13.0. The number of aliphatic hydroxyl groups is 1. The van der Waals surface area contributed by atoms with Crippen LogP contribution in [0.2, 0.25) is 0 Å². The van der Waals surface area contributed by atoms with E-state index in [1.165, 1.54) is 12.1 Å². The number of halogens is 1. The van der Waals surface area contributed by atoms with Gasteiger partial charge in [-0.25, -0.2) is 4.39 Å². The molecular formula is C17H17FO4. The van der Waals surface area contributed by atoms with Gasteiger partial charge in [-0.05, 0) is 41.8 Å². The number of ether oxygens (including phenoxy) is 1. The van der Waals surface area contributed by atoms with E-state index in [2.05, 4.69) is 0 Å². The Balaban J connectivity index is 1.90. The van der Waals surface area contributed by atoms with Crippen molar-refractivity contribution in [2.24, 2.45) is 0 Å². The molecule has 2 aromatic rings. The predicted octanol–water partition coefficient (Wildman–Crippen LogP) is 3.30. The first-order valence-corrected chi connectivity index (χ1v) is 6.91. The maximum Gasteiger partial charge on any atom is 0.303 e. The van der Waals surface area contributed by atoms with Gasteiger partial charge < -0.3 is 14.9 Å². The van der Waals surface area contributed by atoms with Crippen LogP contribution in [0.5, 0.6) is 5.75 Å². The molecule has 2 rings (SSSR count). The van der Waals surface area contributed by atoms with Gasteiger partial charge in [-0.2, -0.15) is 0 Å². The van der Waals surface area contributed by atoms with Crippen molar-refractivity contribution in [2.45, 2.75) is 25.6 Å². The van der Waals surface area contributed by atoms with Gasteiger partial charge in [0.25, 0.3) is 0 Å². The number of benzene rings is 2. The number of carboxylic acids is 1. The molecule has 0 saturated heterocycles. The van der Waals surface area contributed by atoms with Gasteiger partial charge >= 0.3 is 5.97 Å². The molecule has 0 spiro atoms. The van der Waals surface area contributed by atoms with E-state index in [9.17, 15) is 14.3 Å². The van der Waals surface area contributed by atoms with Gasteiger partial charge in [0.15, 0.2) is 0 Å². The fourth-order valence-electron chi connectivity index (χ4n) is 2.01. The molecule has 2 N–H and O–H groups in total. The van der Waals surface area contributed by atoms with Crippen LogP contribution in [0.1, 0.15) is 30.1 Å². The number of aliphatic carboxylic acids is 1. The van der Waals surface area contributed by atoms with E-state index in [1.807, 2.05) is 0 Å². The molecule has 0 aliphatic heterocycles. The Morgan fingerprint density at radius 3 is 2.55 bits per heavy atom. The number of carbonyl (C=O) groups is 1. The molecule has 5 heteroatoms. The average molecular weight is 304 g/mol. The average Bonchev–Trinajstić information content (AvgIpc) is 2.51. The maximum absolute atomic E-state index is 13.0. The van der Waals surface area contributed by atoms with Gasteiger partial charge in [-0.15, -0.1) is 0 Å². The van der Waals surface area contributed by atoms with Crippen molar-refractivity contribution in [1.29, 1.82) is 0 Å². The molecule has 0 fully saturated rings. The fourth-order valence-corrected chi connectivity index (χ4v) is 2.01. The molecule has 4 nitrogen and oxygen atoms in total. The Morgan fingerprint density at radius 2 is 1.91 bits per heavy atom. The highest BCUT2D eigenvalue weighted by Gasteiger charge is 2.10. The summed E-state index contributed by atoms with van der Waals surface area (Å²) in [5, 5.41) is 18.4. The number of carboxylic acid groups (broad SMARTS) is 1. The summed E-state index contributed by atoms with van der Waals surface area (Å²) >= 11 is 0. The molecule has 1 unspecified atom stereocenters. The summed E-state index contributed by atoms with van der Waals surface area (Å²) in [5.74, 6) is -0.648.